The fraction of sp³-hybridized carbons (Fsp3) is 0.364. The number of hydrogen-bond donors (Lipinski definition) is 1. The average Bonchev–Trinajstić information content (AvgIpc) is 2.36. The van der Waals surface area contributed by atoms with E-state index < -0.39 is 17.8 Å². The first kappa shape index (κ1) is 16.5. The maximum atomic E-state index is 13.7. The molecule has 102 valence electrons. The van der Waals surface area contributed by atoms with Crippen molar-refractivity contribution in [1.82, 2.24) is 0 Å². The first-order chi connectivity index (χ1) is 8.04. The van der Waals surface area contributed by atoms with Crippen molar-refractivity contribution in [2.24, 2.45) is 5.73 Å². The van der Waals surface area contributed by atoms with Crippen molar-refractivity contribution in [2.45, 2.75) is 6.04 Å². The minimum atomic E-state index is -1.19. The third-order valence-electron chi connectivity index (χ3n) is 2.29. The van der Waals surface area contributed by atoms with Crippen LogP contribution in [0.3, 0.4) is 0 Å². The van der Waals surface area contributed by atoms with Gasteiger partial charge in [0.1, 0.15) is 11.9 Å². The van der Waals surface area contributed by atoms with Crippen LogP contribution in [-0.2, 0) is 9.53 Å². The van der Waals surface area contributed by atoms with E-state index in [2.05, 4.69) is 4.74 Å². The van der Waals surface area contributed by atoms with Gasteiger partial charge in [0.2, 0.25) is 0 Å². The normalized spacial score (nSPS) is 11.2. The van der Waals surface area contributed by atoms with Crippen LogP contribution in [0.4, 0.5) is 4.39 Å². The summed E-state index contributed by atoms with van der Waals surface area (Å²) in [5, 5.41) is 0. The van der Waals surface area contributed by atoms with E-state index in [-0.39, 0.29) is 23.7 Å². The van der Waals surface area contributed by atoms with Gasteiger partial charge < -0.3 is 19.9 Å². The van der Waals surface area contributed by atoms with Crippen LogP contribution in [-0.4, -0.2) is 27.3 Å². The zero-order chi connectivity index (χ0) is 13.0. The highest BCUT2D eigenvalue weighted by Gasteiger charge is 2.22. The molecule has 0 heterocycles. The number of hydrogen-bond acceptors (Lipinski definition) is 5. The van der Waals surface area contributed by atoms with Crippen LogP contribution in [0.5, 0.6) is 11.5 Å². The van der Waals surface area contributed by atoms with Crippen molar-refractivity contribution >= 4 is 18.4 Å². The third-order valence-corrected chi connectivity index (χ3v) is 2.29. The lowest BCUT2D eigenvalue weighted by molar-refractivity contribution is -0.142. The van der Waals surface area contributed by atoms with Gasteiger partial charge in [-0.3, -0.25) is 4.79 Å². The Morgan fingerprint density at radius 3 is 2.17 bits per heavy atom. The van der Waals surface area contributed by atoms with Crippen molar-refractivity contribution in [3.63, 3.8) is 0 Å². The first-order valence-electron chi connectivity index (χ1n) is 4.80. The van der Waals surface area contributed by atoms with E-state index in [4.69, 9.17) is 15.2 Å². The summed E-state index contributed by atoms with van der Waals surface area (Å²) in [4.78, 5) is 11.2. The summed E-state index contributed by atoms with van der Waals surface area (Å²) in [6.45, 7) is 0. The van der Waals surface area contributed by atoms with Crippen molar-refractivity contribution in [2.75, 3.05) is 21.3 Å². The lowest BCUT2D eigenvalue weighted by Crippen LogP contribution is -2.23. The lowest BCUT2D eigenvalue weighted by atomic mass is 10.1. The molecule has 7 heteroatoms. The summed E-state index contributed by atoms with van der Waals surface area (Å²) >= 11 is 0. The summed E-state index contributed by atoms with van der Waals surface area (Å²) < 4.78 is 28.0. The minimum Gasteiger partial charge on any atom is -0.493 e. The summed E-state index contributed by atoms with van der Waals surface area (Å²) in [7, 11) is 3.97. The van der Waals surface area contributed by atoms with E-state index in [1.165, 1.54) is 27.4 Å². The lowest BCUT2D eigenvalue weighted by Gasteiger charge is -2.14. The average molecular weight is 280 g/mol. The van der Waals surface area contributed by atoms with Crippen LogP contribution in [0.2, 0.25) is 0 Å². The Kier molecular flexibility index (Phi) is 6.43. The molecule has 0 aliphatic rings. The Labute approximate surface area is 110 Å². The maximum Gasteiger partial charge on any atom is 0.327 e. The number of nitrogens with two attached hydrogens (primary N) is 1. The molecule has 0 aromatic heterocycles. The molecule has 0 saturated carbocycles. The van der Waals surface area contributed by atoms with Crippen LogP contribution in [0.15, 0.2) is 12.1 Å². The molecular formula is C11H15ClFNO4. The molecule has 0 unspecified atom stereocenters. The SMILES string of the molecule is COC(=O)[C@@H](N)c1cc(OC)c(OC)cc1F.Cl. The highest BCUT2D eigenvalue weighted by Crippen LogP contribution is 2.32. The molecule has 0 aliphatic carbocycles. The molecular weight excluding hydrogens is 265 g/mol. The fourth-order valence-electron chi connectivity index (χ4n) is 1.36. The maximum absolute atomic E-state index is 13.7. The zero-order valence-electron chi connectivity index (χ0n) is 10.2. The van der Waals surface area contributed by atoms with Gasteiger partial charge in [-0.1, -0.05) is 0 Å². The van der Waals surface area contributed by atoms with Crippen LogP contribution in [0, 0.1) is 5.82 Å². The smallest absolute Gasteiger partial charge is 0.327 e. The molecule has 2 N–H and O–H groups in total. The van der Waals surface area contributed by atoms with Gasteiger partial charge >= 0.3 is 5.97 Å². The van der Waals surface area contributed by atoms with Gasteiger partial charge in [-0.2, -0.15) is 0 Å². The molecule has 1 aromatic carbocycles. The second-order valence-corrected chi connectivity index (χ2v) is 3.23. The van der Waals surface area contributed by atoms with Gasteiger partial charge in [-0.25, -0.2) is 4.39 Å². The Morgan fingerprint density at radius 2 is 1.72 bits per heavy atom. The minimum absolute atomic E-state index is 0. The van der Waals surface area contributed by atoms with E-state index in [0.29, 0.717) is 5.75 Å². The van der Waals surface area contributed by atoms with Crippen molar-refractivity contribution in [3.8, 4) is 11.5 Å². The van der Waals surface area contributed by atoms with Gasteiger partial charge in [0.25, 0.3) is 0 Å². The molecule has 1 atom stereocenters. The molecule has 0 aliphatic heterocycles. The molecule has 0 fully saturated rings. The largest absolute Gasteiger partial charge is 0.493 e. The molecule has 0 spiro atoms. The Bertz CT molecular complexity index is 428. The predicted molar refractivity (Wildman–Crippen MR) is 65.7 cm³/mol. The third kappa shape index (κ3) is 3.24. The highest BCUT2D eigenvalue weighted by molar-refractivity contribution is 5.85. The number of ether oxygens (including phenoxy) is 3. The number of rotatable bonds is 4. The summed E-state index contributed by atoms with van der Waals surface area (Å²) in [5.41, 5.74) is 5.55. The summed E-state index contributed by atoms with van der Waals surface area (Å²) in [6.07, 6.45) is 0. The molecule has 0 radical (unpaired) electrons. The van der Waals surface area contributed by atoms with Crippen LogP contribution >= 0.6 is 12.4 Å². The fourth-order valence-corrected chi connectivity index (χ4v) is 1.36. The monoisotopic (exact) mass is 279 g/mol. The quantitative estimate of drug-likeness (QED) is 0.845. The van der Waals surface area contributed by atoms with Crippen molar-refractivity contribution in [3.05, 3.63) is 23.5 Å². The van der Waals surface area contributed by atoms with Gasteiger partial charge in [-0.15, -0.1) is 12.4 Å². The Hall–Kier alpha value is -1.53. The number of methoxy groups -OCH3 is 3. The van der Waals surface area contributed by atoms with E-state index in [9.17, 15) is 9.18 Å². The van der Waals surface area contributed by atoms with Gasteiger partial charge in [0.15, 0.2) is 11.5 Å². The number of carbonyl (C=O) groups is 1. The number of carbonyl (C=O) groups excluding carboxylic acids is 1. The van der Waals surface area contributed by atoms with Crippen LogP contribution in [0.25, 0.3) is 0 Å². The molecule has 0 saturated heterocycles. The Balaban J connectivity index is 0.00000289. The number of halogens is 2. The number of esters is 1. The molecule has 0 bridgehead atoms. The predicted octanol–water partition coefficient (Wildman–Crippen LogP) is 1.44. The van der Waals surface area contributed by atoms with Crippen LogP contribution < -0.4 is 15.2 Å². The Morgan fingerprint density at radius 1 is 1.22 bits per heavy atom. The molecule has 5 nitrogen and oxygen atoms in total. The second-order valence-electron chi connectivity index (χ2n) is 3.23. The van der Waals surface area contributed by atoms with E-state index in [1.807, 2.05) is 0 Å². The van der Waals surface area contributed by atoms with Gasteiger partial charge in [0.05, 0.1) is 21.3 Å². The highest BCUT2D eigenvalue weighted by atomic mass is 35.5. The summed E-state index contributed by atoms with van der Waals surface area (Å²) in [6, 6.07) is 1.23. The standard InChI is InChI=1S/C11H14FNO4.ClH/c1-15-8-4-6(10(13)11(14)17-3)7(12)5-9(8)16-2;/h4-5,10H,13H2,1-3H3;1H/t10-;/m0./s1. The first-order valence-corrected chi connectivity index (χ1v) is 4.80. The molecule has 1 aromatic rings. The molecule has 1 rings (SSSR count). The summed E-state index contributed by atoms with van der Waals surface area (Å²) in [5.74, 6) is -0.856. The van der Waals surface area contributed by atoms with Crippen LogP contribution in [0.1, 0.15) is 11.6 Å². The van der Waals surface area contributed by atoms with E-state index in [1.54, 1.807) is 0 Å². The second kappa shape index (κ2) is 7.03. The van der Waals surface area contributed by atoms with E-state index >= 15 is 0 Å². The topological polar surface area (TPSA) is 70.8 Å². The van der Waals surface area contributed by atoms with E-state index in [0.717, 1.165) is 6.07 Å². The molecule has 18 heavy (non-hydrogen) atoms. The zero-order valence-corrected chi connectivity index (χ0v) is 11.0. The van der Waals surface area contributed by atoms with Gasteiger partial charge in [0, 0.05) is 11.6 Å². The number of benzene rings is 1. The van der Waals surface area contributed by atoms with Gasteiger partial charge in [-0.05, 0) is 6.07 Å². The van der Waals surface area contributed by atoms with Crippen molar-refractivity contribution < 1.29 is 23.4 Å². The van der Waals surface area contributed by atoms with Crippen molar-refractivity contribution in [1.29, 1.82) is 0 Å². The molecule has 0 amide bonds.